The van der Waals surface area contributed by atoms with E-state index in [0.29, 0.717) is 41.7 Å². The van der Waals surface area contributed by atoms with Crippen molar-refractivity contribution in [3.63, 3.8) is 0 Å². The van der Waals surface area contributed by atoms with Crippen LogP contribution < -0.4 is 32.6 Å². The van der Waals surface area contributed by atoms with Crippen molar-refractivity contribution < 1.29 is 57.4 Å². The number of esters is 1. The molecule has 2 aromatic heterocycles. The Morgan fingerprint density at radius 3 is 2.24 bits per heavy atom. The topological polar surface area (TPSA) is 305 Å². The van der Waals surface area contributed by atoms with E-state index in [-0.39, 0.29) is 100 Å². The molecule has 7 rings (SSSR count). The molecule has 2 aromatic carbocycles. The van der Waals surface area contributed by atoms with Crippen LogP contribution in [0.15, 0.2) is 76.0 Å². The van der Waals surface area contributed by atoms with Crippen molar-refractivity contribution >= 4 is 86.2 Å². The first kappa shape index (κ1) is 57.6. The highest BCUT2D eigenvalue weighted by Gasteiger charge is 2.51. The number of unbranched alkanes of at least 4 members (excludes halogenated alkanes) is 2. The van der Waals surface area contributed by atoms with Gasteiger partial charge in [-0.3, -0.25) is 38.6 Å². The van der Waals surface area contributed by atoms with Gasteiger partial charge in [0, 0.05) is 85.5 Å². The molecule has 4 aromatic rings. The number of nitrogens with two attached hydrogens (primary N) is 2. The van der Waals surface area contributed by atoms with E-state index >= 15 is 0 Å². The Balaban J connectivity index is 0.970. The van der Waals surface area contributed by atoms with Crippen LogP contribution in [0.3, 0.4) is 0 Å². The van der Waals surface area contributed by atoms with Gasteiger partial charge in [0.2, 0.25) is 17.4 Å². The molecule has 0 radical (unpaired) electrons. The lowest BCUT2D eigenvalue weighted by Crippen LogP contribution is -2.57. The molecule has 9 amide bonds. The molecule has 0 fully saturated rings. The maximum absolute atomic E-state index is 14.5. The summed E-state index contributed by atoms with van der Waals surface area (Å²) in [5.41, 5.74) is 12.5. The molecule has 0 aliphatic carbocycles. The van der Waals surface area contributed by atoms with E-state index in [1.54, 1.807) is 43.5 Å². The van der Waals surface area contributed by atoms with Crippen molar-refractivity contribution in [3.05, 3.63) is 104 Å². The predicted molar refractivity (Wildman–Crippen MR) is 287 cm³/mol. The van der Waals surface area contributed by atoms with Crippen LogP contribution in [0.1, 0.15) is 88.0 Å². The number of nitrogens with one attached hydrogen (secondary N) is 2. The number of nitrogens with zero attached hydrogens (tertiary/aromatic N) is 6. The van der Waals surface area contributed by atoms with Crippen molar-refractivity contribution in [2.45, 2.75) is 103 Å². The average Bonchev–Trinajstić information content (AvgIpc) is 4.12. The maximum Gasteiger partial charge on any atom is 0.411 e. The van der Waals surface area contributed by atoms with Crippen LogP contribution >= 0.6 is 15.9 Å². The van der Waals surface area contributed by atoms with E-state index in [1.807, 2.05) is 24.3 Å². The van der Waals surface area contributed by atoms with Gasteiger partial charge in [-0.25, -0.2) is 24.2 Å². The van der Waals surface area contributed by atoms with Crippen molar-refractivity contribution in [2.75, 3.05) is 45.2 Å². The molecule has 6 N–H and O–H groups in total. The number of carbonyl (C=O) groups excluding carboxylic acids is 9. The Hall–Kier alpha value is -8.15. The van der Waals surface area contributed by atoms with Crippen LogP contribution in [0.2, 0.25) is 0 Å². The molecule has 0 saturated carbocycles. The molecule has 78 heavy (non-hydrogen) atoms. The van der Waals surface area contributed by atoms with Crippen LogP contribution in [0, 0.1) is 5.92 Å². The van der Waals surface area contributed by atoms with Crippen LogP contribution in [-0.4, -0.2) is 130 Å². The molecular formula is C54H63BrN10O13. The van der Waals surface area contributed by atoms with Crippen molar-refractivity contribution in [2.24, 2.45) is 17.4 Å². The van der Waals surface area contributed by atoms with Gasteiger partial charge in [-0.1, -0.05) is 61.3 Å². The first-order valence-electron chi connectivity index (χ1n) is 25.6. The summed E-state index contributed by atoms with van der Waals surface area (Å²) in [5, 5.41) is 6.13. The zero-order chi connectivity index (χ0) is 56.6. The smallest absolute Gasteiger partial charge is 0.411 e. The number of hydrogen-bond donors (Lipinski definition) is 4. The van der Waals surface area contributed by atoms with Crippen molar-refractivity contribution in [1.82, 2.24) is 34.9 Å². The molecule has 0 spiro atoms. The van der Waals surface area contributed by atoms with Gasteiger partial charge in [0.15, 0.2) is 0 Å². The van der Waals surface area contributed by atoms with E-state index in [4.69, 9.17) is 30.7 Å². The van der Waals surface area contributed by atoms with Gasteiger partial charge in [-0.2, -0.15) is 0 Å². The van der Waals surface area contributed by atoms with Gasteiger partial charge < -0.3 is 50.7 Å². The highest BCUT2D eigenvalue weighted by molar-refractivity contribution is 9.10. The number of halogens is 1. The summed E-state index contributed by atoms with van der Waals surface area (Å²) < 4.78 is 19.5. The number of urea groups is 1. The van der Waals surface area contributed by atoms with E-state index in [9.17, 15) is 47.9 Å². The van der Waals surface area contributed by atoms with Gasteiger partial charge in [0.1, 0.15) is 25.3 Å². The fourth-order valence-electron chi connectivity index (χ4n) is 9.50. The molecule has 5 heterocycles. The summed E-state index contributed by atoms with van der Waals surface area (Å²) in [6, 6.07) is 12.4. The molecule has 414 valence electrons. The monoisotopic (exact) mass is 1140 g/mol. The summed E-state index contributed by atoms with van der Waals surface area (Å²) >= 11 is 3.58. The van der Waals surface area contributed by atoms with Crippen LogP contribution in [0.5, 0.6) is 0 Å². The molecular weight excluding hydrogens is 1080 g/mol. The third-order valence-corrected chi connectivity index (χ3v) is 14.7. The summed E-state index contributed by atoms with van der Waals surface area (Å²) in [4.78, 5) is 140. The number of cyclic esters (lactones) is 1. The molecule has 0 unspecified atom stereocenters. The number of amides is 9. The lowest BCUT2D eigenvalue weighted by molar-refractivity contribution is -0.173. The quantitative estimate of drug-likeness (QED) is 0.0304. The highest BCUT2D eigenvalue weighted by atomic mass is 79.9. The normalized spacial score (nSPS) is 15.9. The second-order valence-corrected chi connectivity index (χ2v) is 20.5. The number of anilines is 1. The fraction of sp³-hybridized carbons (Fsp3) is 0.426. The maximum atomic E-state index is 14.5. The van der Waals surface area contributed by atoms with Gasteiger partial charge in [-0.15, -0.1) is 0 Å². The van der Waals surface area contributed by atoms with Crippen molar-refractivity contribution in [1.29, 1.82) is 0 Å². The van der Waals surface area contributed by atoms with E-state index in [0.717, 1.165) is 20.3 Å². The second kappa shape index (κ2) is 24.9. The average molecular weight is 1140 g/mol. The minimum atomic E-state index is -1.96. The number of ether oxygens (including phenoxy) is 3. The van der Waals surface area contributed by atoms with E-state index in [1.165, 1.54) is 53.1 Å². The third kappa shape index (κ3) is 12.6. The fourth-order valence-corrected chi connectivity index (χ4v) is 9.97. The Bertz CT molecular complexity index is 3110. The third-order valence-electron chi connectivity index (χ3n) is 14.0. The number of likely N-dealkylation sites (N-methyl/N-ethyl adjacent to an activating group) is 2. The van der Waals surface area contributed by atoms with Gasteiger partial charge in [-0.05, 0) is 80.0 Å². The Morgan fingerprint density at radius 2 is 1.59 bits per heavy atom. The number of fused-ring (bicyclic) bond motifs is 5. The van der Waals surface area contributed by atoms with Crippen LogP contribution in [0.25, 0.3) is 22.3 Å². The van der Waals surface area contributed by atoms with Crippen LogP contribution in [-0.2, 0) is 68.3 Å². The van der Waals surface area contributed by atoms with Gasteiger partial charge in [0.25, 0.3) is 23.3 Å². The summed E-state index contributed by atoms with van der Waals surface area (Å²) in [7, 11) is 2.90. The first-order valence-corrected chi connectivity index (χ1v) is 26.4. The standard InChI is InChI=1S/C54H63BrN10O13/c1-6-54(37-27-41-46-33(26-35-38(55)12-10-13-39(35)59-46)28-64(41)48(70)36(37)30-76-50(54)72)78-53(75)62(5)25-24-61(4)52(74)77-29-32-16-18-34(19-17-32)65(40(47(56)69)14-11-22-58-51(57)73)49(71)45(31(2)3)60-42(66)15-8-7-9-23-63-43(67)20-21-44(63)68/h10,12-13,16-21,26-27,31,40,45H,6-9,11,14-15,22-25,28-30H2,1-5H3,(H2,56,69)(H,60,66)(H3,57,58,73)/t40-,45-,54-/m0/s1. The van der Waals surface area contributed by atoms with E-state index < -0.39 is 71.1 Å². The number of primary amides is 2. The number of aromatic nitrogens is 2. The van der Waals surface area contributed by atoms with Gasteiger partial charge >= 0.3 is 24.2 Å². The minimum absolute atomic E-state index is 0.0172. The van der Waals surface area contributed by atoms with Crippen LogP contribution in [0.4, 0.5) is 20.1 Å². The number of carbonyl (C=O) groups is 9. The SMILES string of the molecule is CC[C@@]1(OC(=O)N(C)CCN(C)C(=O)OCc2ccc(N(C(=O)[C@@H](NC(=O)CCCCCN3C(=O)C=CC3=O)C(C)C)[C@@H](CCCNC(N)=O)C(N)=O)cc2)C(=O)OCc2c1cc1n(c2=O)Cc2cc3c(Br)cccc3nc2-1. The molecule has 0 bridgehead atoms. The molecule has 24 heteroatoms. The first-order chi connectivity index (χ1) is 37.1. The largest absolute Gasteiger partial charge is 0.457 e. The zero-order valence-electron chi connectivity index (χ0n) is 44.0. The predicted octanol–water partition coefficient (Wildman–Crippen LogP) is 4.45. The highest BCUT2D eigenvalue weighted by Crippen LogP contribution is 2.42. The number of rotatable bonds is 23. The molecule has 0 saturated heterocycles. The molecule has 3 atom stereocenters. The summed E-state index contributed by atoms with van der Waals surface area (Å²) in [5.74, 6) is -3.95. The Morgan fingerprint density at radius 1 is 0.897 bits per heavy atom. The molecule has 23 nitrogen and oxygen atoms in total. The van der Waals surface area contributed by atoms with E-state index in [2.05, 4.69) is 26.6 Å². The minimum Gasteiger partial charge on any atom is -0.457 e. The summed E-state index contributed by atoms with van der Waals surface area (Å²) in [6.45, 7) is 5.05. The van der Waals surface area contributed by atoms with Crippen molar-refractivity contribution in [3.8, 4) is 11.4 Å². The Kier molecular flexibility index (Phi) is 18.4. The lowest BCUT2D eigenvalue weighted by Gasteiger charge is -2.36. The number of imide groups is 1. The number of benzene rings is 2. The summed E-state index contributed by atoms with van der Waals surface area (Å²) in [6.07, 6.45) is 2.40. The van der Waals surface area contributed by atoms with Gasteiger partial charge in [0.05, 0.1) is 29.0 Å². The lowest BCUT2D eigenvalue weighted by atomic mass is 9.85. The number of hydrogen-bond acceptors (Lipinski definition) is 14. The number of pyridine rings is 2. The zero-order valence-corrected chi connectivity index (χ0v) is 45.6. The second-order valence-electron chi connectivity index (χ2n) is 19.6. The molecule has 3 aliphatic rings. The Labute approximate surface area is 457 Å². The molecule has 3 aliphatic heterocycles.